The number of rotatable bonds is 4. The average molecular weight is 290 g/mol. The van der Waals surface area contributed by atoms with Crippen molar-refractivity contribution in [2.75, 3.05) is 5.32 Å². The first-order valence-corrected chi connectivity index (χ1v) is 6.95. The van der Waals surface area contributed by atoms with E-state index in [1.165, 1.54) is 24.8 Å². The molecule has 2 aromatic rings. The first-order valence-electron chi connectivity index (χ1n) is 6.13. The van der Waals surface area contributed by atoms with Crippen LogP contribution in [0.2, 0.25) is 0 Å². The summed E-state index contributed by atoms with van der Waals surface area (Å²) in [5.41, 5.74) is 7.12. The van der Waals surface area contributed by atoms with Gasteiger partial charge in [0.25, 0.3) is 0 Å². The Hall–Kier alpha value is -1.85. The number of carbonyl (C=O) groups excluding carboxylic acids is 1. The van der Waals surface area contributed by atoms with Gasteiger partial charge in [-0.2, -0.15) is 0 Å². The molecule has 0 aromatic heterocycles. The molecule has 0 radical (unpaired) electrons. The van der Waals surface area contributed by atoms with Crippen LogP contribution >= 0.6 is 11.8 Å². The van der Waals surface area contributed by atoms with Gasteiger partial charge in [0.05, 0.1) is 4.90 Å². The molecule has 1 amide bonds. The van der Waals surface area contributed by atoms with Gasteiger partial charge in [-0.1, -0.05) is 23.9 Å². The summed E-state index contributed by atoms with van der Waals surface area (Å²) in [5.74, 6) is -0.395. The Balaban J connectivity index is 2.20. The minimum atomic E-state index is -0.274. The van der Waals surface area contributed by atoms with E-state index < -0.39 is 0 Å². The molecule has 0 atom stereocenters. The quantitative estimate of drug-likeness (QED) is 0.907. The summed E-state index contributed by atoms with van der Waals surface area (Å²) in [5, 5.41) is 2.69. The molecule has 2 aromatic carbocycles. The molecule has 0 aliphatic rings. The van der Waals surface area contributed by atoms with E-state index in [2.05, 4.69) is 5.32 Å². The summed E-state index contributed by atoms with van der Waals surface area (Å²) in [6, 6.07) is 12.1. The van der Waals surface area contributed by atoms with Crippen LogP contribution in [-0.4, -0.2) is 5.91 Å². The van der Waals surface area contributed by atoms with Crippen LogP contribution in [0.25, 0.3) is 0 Å². The molecule has 0 saturated heterocycles. The van der Waals surface area contributed by atoms with Crippen molar-refractivity contribution in [3.63, 3.8) is 0 Å². The molecule has 0 spiro atoms. The normalized spacial score (nSPS) is 10.3. The highest BCUT2D eigenvalue weighted by atomic mass is 32.2. The molecule has 0 heterocycles. The third-order valence-electron chi connectivity index (χ3n) is 2.66. The van der Waals surface area contributed by atoms with E-state index in [1.807, 2.05) is 18.2 Å². The van der Waals surface area contributed by atoms with Crippen LogP contribution in [0.4, 0.5) is 10.1 Å². The van der Waals surface area contributed by atoms with Crippen LogP contribution in [0.15, 0.2) is 52.3 Å². The molecule has 0 aliphatic carbocycles. The third-order valence-corrected chi connectivity index (χ3v) is 3.83. The van der Waals surface area contributed by atoms with Gasteiger partial charge in [0.2, 0.25) is 5.91 Å². The van der Waals surface area contributed by atoms with E-state index in [0.717, 1.165) is 16.1 Å². The summed E-state index contributed by atoms with van der Waals surface area (Å²) in [6.07, 6.45) is 0. The predicted octanol–water partition coefficient (Wildman–Crippen LogP) is 3.39. The smallest absolute Gasteiger partial charge is 0.221 e. The Labute approximate surface area is 121 Å². The van der Waals surface area contributed by atoms with Gasteiger partial charge in [0.15, 0.2) is 0 Å². The van der Waals surface area contributed by atoms with Crippen LogP contribution in [0.1, 0.15) is 12.5 Å². The SMILES string of the molecule is CC(=O)Nc1ccc(Sc2c(F)cccc2CN)cc1. The van der Waals surface area contributed by atoms with Crippen molar-refractivity contribution in [2.24, 2.45) is 5.73 Å². The molecular formula is C15H15FN2OS. The maximum absolute atomic E-state index is 13.8. The van der Waals surface area contributed by atoms with Gasteiger partial charge >= 0.3 is 0 Å². The minimum absolute atomic E-state index is 0.120. The van der Waals surface area contributed by atoms with Crippen molar-refractivity contribution in [3.05, 3.63) is 53.8 Å². The predicted molar refractivity (Wildman–Crippen MR) is 79.2 cm³/mol. The second-order valence-corrected chi connectivity index (χ2v) is 5.32. The molecule has 2 rings (SSSR count). The molecule has 0 unspecified atom stereocenters. The van der Waals surface area contributed by atoms with E-state index in [4.69, 9.17) is 5.73 Å². The van der Waals surface area contributed by atoms with E-state index in [0.29, 0.717) is 11.4 Å². The zero-order valence-corrected chi connectivity index (χ0v) is 11.8. The van der Waals surface area contributed by atoms with E-state index in [-0.39, 0.29) is 11.7 Å². The molecule has 0 aliphatic heterocycles. The van der Waals surface area contributed by atoms with Crippen molar-refractivity contribution in [1.82, 2.24) is 0 Å². The second kappa shape index (κ2) is 6.54. The number of hydrogen-bond donors (Lipinski definition) is 2. The molecule has 20 heavy (non-hydrogen) atoms. The lowest BCUT2D eigenvalue weighted by Crippen LogP contribution is -2.05. The maximum atomic E-state index is 13.8. The highest BCUT2D eigenvalue weighted by Gasteiger charge is 2.09. The Morgan fingerprint density at radius 3 is 2.55 bits per heavy atom. The zero-order valence-electron chi connectivity index (χ0n) is 11.0. The van der Waals surface area contributed by atoms with Crippen molar-refractivity contribution in [1.29, 1.82) is 0 Å². The standard InChI is InChI=1S/C15H15FN2OS/c1-10(19)18-12-5-7-13(8-6-12)20-15-11(9-17)3-2-4-14(15)16/h2-8H,9,17H2,1H3,(H,18,19). The Morgan fingerprint density at radius 1 is 1.25 bits per heavy atom. The van der Waals surface area contributed by atoms with Gasteiger partial charge in [-0.3, -0.25) is 4.79 Å². The molecule has 3 N–H and O–H groups in total. The molecule has 104 valence electrons. The molecule has 0 saturated carbocycles. The third kappa shape index (κ3) is 3.59. The van der Waals surface area contributed by atoms with Crippen LogP contribution in [0.5, 0.6) is 0 Å². The number of hydrogen-bond acceptors (Lipinski definition) is 3. The summed E-state index contributed by atoms with van der Waals surface area (Å²) in [7, 11) is 0. The lowest BCUT2D eigenvalue weighted by atomic mass is 10.2. The summed E-state index contributed by atoms with van der Waals surface area (Å²) in [4.78, 5) is 12.4. The van der Waals surface area contributed by atoms with Gasteiger partial charge in [0.1, 0.15) is 5.82 Å². The Kier molecular flexibility index (Phi) is 4.76. The largest absolute Gasteiger partial charge is 0.326 e. The fourth-order valence-corrected chi connectivity index (χ4v) is 2.71. The number of carbonyl (C=O) groups is 1. The first-order chi connectivity index (χ1) is 9.60. The highest BCUT2D eigenvalue weighted by molar-refractivity contribution is 7.99. The number of nitrogens with one attached hydrogen (secondary N) is 1. The van der Waals surface area contributed by atoms with E-state index in [9.17, 15) is 9.18 Å². The van der Waals surface area contributed by atoms with Gasteiger partial charge in [-0.15, -0.1) is 0 Å². The van der Waals surface area contributed by atoms with Gasteiger partial charge in [-0.25, -0.2) is 4.39 Å². The van der Waals surface area contributed by atoms with Crippen molar-refractivity contribution < 1.29 is 9.18 Å². The minimum Gasteiger partial charge on any atom is -0.326 e. The van der Waals surface area contributed by atoms with Crippen LogP contribution in [0, 0.1) is 5.82 Å². The number of anilines is 1. The Bertz CT molecular complexity index is 614. The fourth-order valence-electron chi connectivity index (χ4n) is 1.76. The summed E-state index contributed by atoms with van der Waals surface area (Å²) >= 11 is 1.33. The van der Waals surface area contributed by atoms with Gasteiger partial charge in [0, 0.05) is 24.1 Å². The topological polar surface area (TPSA) is 55.1 Å². The number of nitrogens with two attached hydrogens (primary N) is 1. The maximum Gasteiger partial charge on any atom is 0.221 e. The van der Waals surface area contributed by atoms with Gasteiger partial charge in [-0.05, 0) is 35.9 Å². The molecular weight excluding hydrogens is 275 g/mol. The number of benzene rings is 2. The first kappa shape index (κ1) is 14.6. The fraction of sp³-hybridized carbons (Fsp3) is 0.133. The van der Waals surface area contributed by atoms with Crippen LogP contribution in [0.3, 0.4) is 0 Å². The second-order valence-electron chi connectivity index (χ2n) is 4.24. The van der Waals surface area contributed by atoms with Crippen LogP contribution in [-0.2, 0) is 11.3 Å². The number of amides is 1. The molecule has 3 nitrogen and oxygen atoms in total. The van der Waals surface area contributed by atoms with Crippen molar-refractivity contribution in [2.45, 2.75) is 23.3 Å². The zero-order chi connectivity index (χ0) is 14.5. The van der Waals surface area contributed by atoms with Crippen molar-refractivity contribution in [3.8, 4) is 0 Å². The van der Waals surface area contributed by atoms with Crippen molar-refractivity contribution >= 4 is 23.4 Å². The summed E-state index contributed by atoms with van der Waals surface area (Å²) < 4.78 is 13.8. The highest BCUT2D eigenvalue weighted by Crippen LogP contribution is 2.33. The van der Waals surface area contributed by atoms with Crippen LogP contribution < -0.4 is 11.1 Å². The van der Waals surface area contributed by atoms with Gasteiger partial charge < -0.3 is 11.1 Å². The average Bonchev–Trinajstić information content (AvgIpc) is 2.42. The lowest BCUT2D eigenvalue weighted by molar-refractivity contribution is -0.114. The van der Waals surface area contributed by atoms with E-state index in [1.54, 1.807) is 18.2 Å². The Morgan fingerprint density at radius 2 is 1.95 bits per heavy atom. The molecule has 0 bridgehead atoms. The monoisotopic (exact) mass is 290 g/mol. The number of halogens is 1. The molecule has 0 fully saturated rings. The molecule has 5 heteroatoms. The van der Waals surface area contributed by atoms with E-state index >= 15 is 0 Å². The summed E-state index contributed by atoms with van der Waals surface area (Å²) in [6.45, 7) is 1.75. The lowest BCUT2D eigenvalue weighted by Gasteiger charge is -2.09.